The lowest BCUT2D eigenvalue weighted by Crippen LogP contribution is -2.36. The van der Waals surface area contributed by atoms with Crippen LogP contribution < -0.4 is 4.74 Å². The molecule has 0 fully saturated rings. The summed E-state index contributed by atoms with van der Waals surface area (Å²) in [5.74, 6) is -0.434. The quantitative estimate of drug-likeness (QED) is 0.821. The molecule has 0 aliphatic rings. The van der Waals surface area contributed by atoms with Crippen LogP contribution in [0.1, 0.15) is 30.6 Å². The minimum atomic E-state index is -0.917. The number of carbonyl (C=O) groups is 2. The summed E-state index contributed by atoms with van der Waals surface area (Å²) in [5.41, 5.74) is 0.428. The smallest absolute Gasteiger partial charge is 0.305 e. The molecule has 1 rings (SSSR count). The van der Waals surface area contributed by atoms with Gasteiger partial charge in [0.1, 0.15) is 0 Å². The SMILES string of the molecule is COc1ccc(C(=O)N(CCC(=O)O)CC(C)C)cn1. The predicted molar refractivity (Wildman–Crippen MR) is 73.8 cm³/mol. The Morgan fingerprint density at radius 2 is 2.10 bits per heavy atom. The van der Waals surface area contributed by atoms with Gasteiger partial charge in [0, 0.05) is 25.4 Å². The van der Waals surface area contributed by atoms with Gasteiger partial charge in [0.2, 0.25) is 5.88 Å². The fourth-order valence-corrected chi connectivity index (χ4v) is 1.76. The van der Waals surface area contributed by atoms with Crippen molar-refractivity contribution in [2.75, 3.05) is 20.2 Å². The maximum absolute atomic E-state index is 12.3. The number of methoxy groups -OCH3 is 1. The number of rotatable bonds is 7. The Bertz CT molecular complexity index is 457. The molecule has 0 saturated heterocycles. The lowest BCUT2D eigenvalue weighted by molar-refractivity contribution is -0.137. The number of aromatic nitrogens is 1. The van der Waals surface area contributed by atoms with Gasteiger partial charge in [-0.3, -0.25) is 9.59 Å². The van der Waals surface area contributed by atoms with Crippen LogP contribution >= 0.6 is 0 Å². The van der Waals surface area contributed by atoms with Gasteiger partial charge in [-0.25, -0.2) is 4.98 Å². The van der Waals surface area contributed by atoms with E-state index in [0.29, 0.717) is 18.0 Å². The molecule has 0 radical (unpaired) electrons. The highest BCUT2D eigenvalue weighted by Crippen LogP contribution is 2.11. The monoisotopic (exact) mass is 280 g/mol. The molecular formula is C14H20N2O4. The van der Waals surface area contributed by atoms with Crippen LogP contribution in [0.3, 0.4) is 0 Å². The largest absolute Gasteiger partial charge is 0.481 e. The fraction of sp³-hybridized carbons (Fsp3) is 0.500. The van der Waals surface area contributed by atoms with Crippen LogP contribution in [0.2, 0.25) is 0 Å². The molecule has 110 valence electrons. The summed E-state index contributed by atoms with van der Waals surface area (Å²) >= 11 is 0. The molecule has 0 bridgehead atoms. The van der Waals surface area contributed by atoms with E-state index in [2.05, 4.69) is 4.98 Å². The van der Waals surface area contributed by atoms with Crippen LogP contribution in [0.25, 0.3) is 0 Å². The lowest BCUT2D eigenvalue weighted by Gasteiger charge is -2.24. The standard InChI is InChI=1S/C14H20N2O4/c1-10(2)9-16(7-6-13(17)18)14(19)11-4-5-12(20-3)15-8-11/h4-5,8,10H,6-7,9H2,1-3H3,(H,17,18). The van der Waals surface area contributed by atoms with Crippen molar-refractivity contribution in [3.05, 3.63) is 23.9 Å². The van der Waals surface area contributed by atoms with E-state index < -0.39 is 5.97 Å². The van der Waals surface area contributed by atoms with Gasteiger partial charge in [0.25, 0.3) is 5.91 Å². The number of carboxylic acid groups (broad SMARTS) is 1. The van der Waals surface area contributed by atoms with Gasteiger partial charge in [-0.05, 0) is 12.0 Å². The van der Waals surface area contributed by atoms with Crippen molar-refractivity contribution in [1.82, 2.24) is 9.88 Å². The normalized spacial score (nSPS) is 10.4. The Morgan fingerprint density at radius 1 is 1.40 bits per heavy atom. The van der Waals surface area contributed by atoms with Crippen molar-refractivity contribution in [3.63, 3.8) is 0 Å². The van der Waals surface area contributed by atoms with Crippen molar-refractivity contribution < 1.29 is 19.4 Å². The van der Waals surface area contributed by atoms with Crippen LogP contribution in [0.15, 0.2) is 18.3 Å². The van der Waals surface area contributed by atoms with Crippen molar-refractivity contribution >= 4 is 11.9 Å². The van der Waals surface area contributed by atoms with Crippen molar-refractivity contribution in [2.24, 2.45) is 5.92 Å². The molecule has 0 saturated carbocycles. The van der Waals surface area contributed by atoms with Gasteiger partial charge in [-0.2, -0.15) is 0 Å². The number of hydrogen-bond acceptors (Lipinski definition) is 4. The van der Waals surface area contributed by atoms with E-state index in [1.807, 2.05) is 13.8 Å². The lowest BCUT2D eigenvalue weighted by atomic mass is 10.1. The number of carbonyl (C=O) groups excluding carboxylic acids is 1. The van der Waals surface area contributed by atoms with Gasteiger partial charge >= 0.3 is 5.97 Å². The molecule has 0 aliphatic heterocycles. The molecule has 1 heterocycles. The zero-order valence-electron chi connectivity index (χ0n) is 12.0. The average Bonchev–Trinajstić information content (AvgIpc) is 2.42. The van der Waals surface area contributed by atoms with Crippen molar-refractivity contribution in [3.8, 4) is 5.88 Å². The van der Waals surface area contributed by atoms with E-state index in [4.69, 9.17) is 9.84 Å². The van der Waals surface area contributed by atoms with Gasteiger partial charge in [0.15, 0.2) is 0 Å². The third-order valence-corrected chi connectivity index (χ3v) is 2.66. The Labute approximate surface area is 118 Å². The number of ether oxygens (including phenoxy) is 1. The van der Waals surface area contributed by atoms with E-state index in [1.165, 1.54) is 13.3 Å². The summed E-state index contributed by atoms with van der Waals surface area (Å²) in [6.07, 6.45) is 1.37. The van der Waals surface area contributed by atoms with Gasteiger partial charge in [-0.15, -0.1) is 0 Å². The summed E-state index contributed by atoms with van der Waals surface area (Å²) in [6, 6.07) is 3.24. The Balaban J connectivity index is 2.81. The number of nitrogens with zero attached hydrogens (tertiary/aromatic N) is 2. The highest BCUT2D eigenvalue weighted by atomic mass is 16.5. The summed E-state index contributed by atoms with van der Waals surface area (Å²) in [4.78, 5) is 28.5. The van der Waals surface area contributed by atoms with E-state index in [0.717, 1.165) is 0 Å². The summed E-state index contributed by atoms with van der Waals surface area (Å²) in [6.45, 7) is 4.66. The molecule has 1 aromatic heterocycles. The zero-order chi connectivity index (χ0) is 15.1. The maximum atomic E-state index is 12.3. The van der Waals surface area contributed by atoms with E-state index in [-0.39, 0.29) is 24.8 Å². The van der Waals surface area contributed by atoms with E-state index in [1.54, 1.807) is 17.0 Å². The van der Waals surface area contributed by atoms with Crippen molar-refractivity contribution in [2.45, 2.75) is 20.3 Å². The topological polar surface area (TPSA) is 79.7 Å². The Morgan fingerprint density at radius 3 is 2.55 bits per heavy atom. The van der Waals surface area contributed by atoms with Crippen LogP contribution in [0.4, 0.5) is 0 Å². The first-order valence-electron chi connectivity index (χ1n) is 6.45. The molecule has 1 N–H and O–H groups in total. The number of aliphatic carboxylic acids is 1. The predicted octanol–water partition coefficient (Wildman–Crippen LogP) is 1.66. The molecule has 20 heavy (non-hydrogen) atoms. The van der Waals surface area contributed by atoms with Crippen LogP contribution in [0.5, 0.6) is 5.88 Å². The molecule has 1 aromatic rings. The second-order valence-electron chi connectivity index (χ2n) is 4.88. The number of hydrogen-bond donors (Lipinski definition) is 1. The van der Waals surface area contributed by atoms with Gasteiger partial charge in [-0.1, -0.05) is 13.8 Å². The molecule has 6 nitrogen and oxygen atoms in total. The molecule has 0 aromatic carbocycles. The first kappa shape index (κ1) is 15.9. The molecule has 0 aliphatic carbocycles. The first-order chi connectivity index (χ1) is 9.43. The van der Waals surface area contributed by atoms with Crippen LogP contribution in [-0.2, 0) is 4.79 Å². The van der Waals surface area contributed by atoms with Crippen LogP contribution in [-0.4, -0.2) is 47.1 Å². The summed E-state index contributed by atoms with van der Waals surface area (Å²) < 4.78 is 4.94. The molecule has 1 amide bonds. The third kappa shape index (κ3) is 4.87. The molecule has 0 unspecified atom stereocenters. The highest BCUT2D eigenvalue weighted by Gasteiger charge is 2.18. The maximum Gasteiger partial charge on any atom is 0.305 e. The minimum absolute atomic E-state index is 0.0674. The van der Waals surface area contributed by atoms with Crippen molar-refractivity contribution in [1.29, 1.82) is 0 Å². The number of pyridine rings is 1. The molecule has 0 atom stereocenters. The Hall–Kier alpha value is -2.11. The minimum Gasteiger partial charge on any atom is -0.481 e. The Kier molecular flexibility index (Phi) is 5.96. The highest BCUT2D eigenvalue weighted by molar-refractivity contribution is 5.94. The zero-order valence-corrected chi connectivity index (χ0v) is 12.0. The van der Waals surface area contributed by atoms with Gasteiger partial charge in [0.05, 0.1) is 19.1 Å². The van der Waals surface area contributed by atoms with Crippen LogP contribution in [0, 0.1) is 5.92 Å². The van der Waals surface area contributed by atoms with E-state index >= 15 is 0 Å². The number of carboxylic acids is 1. The average molecular weight is 280 g/mol. The van der Waals surface area contributed by atoms with E-state index in [9.17, 15) is 9.59 Å². The molecule has 6 heteroatoms. The molecule has 0 spiro atoms. The fourth-order valence-electron chi connectivity index (χ4n) is 1.76. The van der Waals surface area contributed by atoms with Gasteiger partial charge < -0.3 is 14.7 Å². The second kappa shape index (κ2) is 7.47. The first-order valence-corrected chi connectivity index (χ1v) is 6.45. The summed E-state index contributed by atoms with van der Waals surface area (Å²) in [5, 5.41) is 8.75. The number of amides is 1. The summed E-state index contributed by atoms with van der Waals surface area (Å²) in [7, 11) is 1.50. The molecular weight excluding hydrogens is 260 g/mol. The third-order valence-electron chi connectivity index (χ3n) is 2.66. The second-order valence-corrected chi connectivity index (χ2v) is 4.88.